The van der Waals surface area contributed by atoms with E-state index in [2.05, 4.69) is 5.32 Å². The number of nitrogens with zero attached hydrogens (tertiary/aromatic N) is 1. The van der Waals surface area contributed by atoms with Crippen LogP contribution in [0.5, 0.6) is 11.5 Å². The second kappa shape index (κ2) is 8.39. The van der Waals surface area contributed by atoms with Crippen molar-refractivity contribution in [3.8, 4) is 11.5 Å². The summed E-state index contributed by atoms with van der Waals surface area (Å²) in [6, 6.07) is 5.44. The van der Waals surface area contributed by atoms with Crippen LogP contribution in [0.3, 0.4) is 0 Å². The first-order valence-corrected chi connectivity index (χ1v) is 9.95. The van der Waals surface area contributed by atoms with Crippen LogP contribution >= 0.6 is 0 Å². The number of benzene rings is 1. The molecule has 1 aliphatic carbocycles. The van der Waals surface area contributed by atoms with Gasteiger partial charge in [0.15, 0.2) is 11.5 Å². The van der Waals surface area contributed by atoms with Crippen LogP contribution in [-0.2, 0) is 9.59 Å². The van der Waals surface area contributed by atoms with Crippen LogP contribution in [0.2, 0.25) is 0 Å². The lowest BCUT2D eigenvalue weighted by Crippen LogP contribution is -2.40. The molecular formula is C21H30N2O5. The molecule has 0 bridgehead atoms. The summed E-state index contributed by atoms with van der Waals surface area (Å²) in [6.07, 6.45) is 2.62. The van der Waals surface area contributed by atoms with Gasteiger partial charge in [-0.3, -0.25) is 14.5 Å². The molecule has 1 aromatic rings. The highest BCUT2D eigenvalue weighted by molar-refractivity contribution is 5.80. The van der Waals surface area contributed by atoms with Crippen molar-refractivity contribution in [1.82, 2.24) is 10.2 Å². The maximum absolute atomic E-state index is 12.5. The SMILES string of the molecule is CCOc1ccc(C(C)NC(=O)CN2C[C@@H]3CCC[C@@]3(C(=O)O)C2)cc1OC. The molecule has 1 aliphatic heterocycles. The Balaban J connectivity index is 1.59. The van der Waals surface area contributed by atoms with Crippen molar-refractivity contribution in [2.24, 2.45) is 11.3 Å². The lowest BCUT2D eigenvalue weighted by molar-refractivity contribution is -0.149. The van der Waals surface area contributed by atoms with E-state index >= 15 is 0 Å². The van der Waals surface area contributed by atoms with E-state index in [1.807, 2.05) is 36.9 Å². The highest BCUT2D eigenvalue weighted by Gasteiger charge is 2.54. The lowest BCUT2D eigenvalue weighted by Gasteiger charge is -2.23. The predicted molar refractivity (Wildman–Crippen MR) is 105 cm³/mol. The van der Waals surface area contributed by atoms with Crippen LogP contribution in [0.4, 0.5) is 0 Å². The second-order valence-electron chi connectivity index (χ2n) is 7.85. The molecule has 1 amide bonds. The van der Waals surface area contributed by atoms with Crippen LogP contribution in [0, 0.1) is 11.3 Å². The summed E-state index contributed by atoms with van der Waals surface area (Å²) < 4.78 is 10.9. The fourth-order valence-corrected chi connectivity index (χ4v) is 4.67. The molecule has 2 aliphatic rings. The molecule has 0 spiro atoms. The molecule has 2 N–H and O–H groups in total. The summed E-state index contributed by atoms with van der Waals surface area (Å²) >= 11 is 0. The molecule has 1 unspecified atom stereocenters. The summed E-state index contributed by atoms with van der Waals surface area (Å²) in [4.78, 5) is 26.3. The van der Waals surface area contributed by atoms with Gasteiger partial charge in [0.25, 0.3) is 0 Å². The van der Waals surface area contributed by atoms with E-state index in [9.17, 15) is 14.7 Å². The Morgan fingerprint density at radius 1 is 1.39 bits per heavy atom. The molecule has 1 aromatic carbocycles. The van der Waals surface area contributed by atoms with Gasteiger partial charge in [0.1, 0.15) is 0 Å². The Hall–Kier alpha value is -2.28. The lowest BCUT2D eigenvalue weighted by atomic mass is 9.81. The number of hydrogen-bond acceptors (Lipinski definition) is 5. The largest absolute Gasteiger partial charge is 0.493 e. The van der Waals surface area contributed by atoms with Crippen LogP contribution in [0.15, 0.2) is 18.2 Å². The number of rotatable bonds is 8. The van der Waals surface area contributed by atoms with Crippen molar-refractivity contribution in [1.29, 1.82) is 0 Å². The Kier molecular flexibility index (Phi) is 6.13. The topological polar surface area (TPSA) is 88.1 Å². The van der Waals surface area contributed by atoms with Crippen molar-refractivity contribution >= 4 is 11.9 Å². The Morgan fingerprint density at radius 2 is 2.18 bits per heavy atom. The van der Waals surface area contributed by atoms with Gasteiger partial charge in [-0.1, -0.05) is 12.5 Å². The van der Waals surface area contributed by atoms with Crippen molar-refractivity contribution in [2.75, 3.05) is 33.4 Å². The first kappa shape index (κ1) is 20.5. The quantitative estimate of drug-likeness (QED) is 0.709. The predicted octanol–water partition coefficient (Wildman–Crippen LogP) is 2.46. The third kappa shape index (κ3) is 3.94. The summed E-state index contributed by atoms with van der Waals surface area (Å²) in [5, 5.41) is 12.7. The average molecular weight is 390 g/mol. The standard InChI is InChI=1S/C21H30N2O5/c1-4-28-17-8-7-15(10-18(17)27-3)14(2)22-19(24)12-23-11-16-6-5-9-21(16,13-23)20(25)26/h7-8,10,14,16H,4-6,9,11-13H2,1-3H3,(H,22,24)(H,25,26)/t14?,16-,21+/m0/s1. The molecule has 3 atom stereocenters. The van der Waals surface area contributed by atoms with E-state index in [1.54, 1.807) is 7.11 Å². The molecule has 7 nitrogen and oxygen atoms in total. The van der Waals surface area contributed by atoms with Crippen molar-refractivity contribution < 1.29 is 24.2 Å². The number of ether oxygens (including phenoxy) is 2. The number of amides is 1. The highest BCUT2D eigenvalue weighted by Crippen LogP contribution is 2.48. The molecule has 0 aromatic heterocycles. The van der Waals surface area contributed by atoms with Crippen LogP contribution in [0.1, 0.15) is 44.7 Å². The summed E-state index contributed by atoms with van der Waals surface area (Å²) in [5.41, 5.74) is 0.267. The zero-order valence-electron chi connectivity index (χ0n) is 16.9. The van der Waals surface area contributed by atoms with E-state index in [0.717, 1.165) is 18.4 Å². The molecule has 1 saturated carbocycles. The minimum atomic E-state index is -0.715. The van der Waals surface area contributed by atoms with Gasteiger partial charge < -0.3 is 19.9 Å². The van der Waals surface area contributed by atoms with Crippen LogP contribution < -0.4 is 14.8 Å². The minimum Gasteiger partial charge on any atom is -0.493 e. The van der Waals surface area contributed by atoms with Crippen LogP contribution in [0.25, 0.3) is 0 Å². The average Bonchev–Trinajstić information content (AvgIpc) is 3.20. The highest BCUT2D eigenvalue weighted by atomic mass is 16.5. The zero-order valence-corrected chi connectivity index (χ0v) is 16.9. The molecule has 1 saturated heterocycles. The number of likely N-dealkylation sites (tertiary alicyclic amines) is 1. The van der Waals surface area contributed by atoms with Crippen molar-refractivity contribution in [2.45, 2.75) is 39.2 Å². The van der Waals surface area contributed by atoms with Crippen molar-refractivity contribution in [3.63, 3.8) is 0 Å². The number of hydrogen-bond donors (Lipinski definition) is 2. The molecule has 1 heterocycles. The maximum atomic E-state index is 12.5. The van der Waals surface area contributed by atoms with E-state index < -0.39 is 11.4 Å². The van der Waals surface area contributed by atoms with Gasteiger partial charge in [0.05, 0.1) is 31.7 Å². The number of carbonyl (C=O) groups excluding carboxylic acids is 1. The number of methoxy groups -OCH3 is 1. The monoisotopic (exact) mass is 390 g/mol. The smallest absolute Gasteiger partial charge is 0.311 e. The third-order valence-electron chi connectivity index (χ3n) is 6.10. The number of carbonyl (C=O) groups is 2. The van der Waals surface area contributed by atoms with E-state index in [-0.39, 0.29) is 24.4 Å². The first-order chi connectivity index (χ1) is 13.4. The molecule has 2 fully saturated rings. The molecule has 154 valence electrons. The number of carboxylic acid groups (broad SMARTS) is 1. The van der Waals surface area contributed by atoms with Crippen molar-refractivity contribution in [3.05, 3.63) is 23.8 Å². The van der Waals surface area contributed by atoms with Gasteiger partial charge in [0, 0.05) is 13.1 Å². The molecular weight excluding hydrogens is 360 g/mol. The number of aliphatic carboxylic acids is 1. The van der Waals surface area contributed by atoms with Gasteiger partial charge >= 0.3 is 5.97 Å². The Bertz CT molecular complexity index is 738. The Morgan fingerprint density at radius 3 is 2.82 bits per heavy atom. The first-order valence-electron chi connectivity index (χ1n) is 9.95. The van der Waals surface area contributed by atoms with Gasteiger partial charge in [-0.05, 0) is 50.3 Å². The van der Waals surface area contributed by atoms with Gasteiger partial charge in [-0.25, -0.2) is 0 Å². The summed E-state index contributed by atoms with van der Waals surface area (Å²) in [6.45, 7) is 5.76. The van der Waals surface area contributed by atoms with Gasteiger partial charge in [-0.2, -0.15) is 0 Å². The zero-order chi connectivity index (χ0) is 20.3. The summed E-state index contributed by atoms with van der Waals surface area (Å²) in [5.74, 6) is 0.658. The fraction of sp³-hybridized carbons (Fsp3) is 0.619. The second-order valence-corrected chi connectivity index (χ2v) is 7.85. The maximum Gasteiger partial charge on any atom is 0.311 e. The Labute approximate surface area is 166 Å². The third-order valence-corrected chi connectivity index (χ3v) is 6.10. The fourth-order valence-electron chi connectivity index (χ4n) is 4.67. The summed E-state index contributed by atoms with van der Waals surface area (Å²) in [7, 11) is 1.59. The van der Waals surface area contributed by atoms with E-state index in [0.29, 0.717) is 37.6 Å². The van der Waals surface area contributed by atoms with Gasteiger partial charge in [-0.15, -0.1) is 0 Å². The minimum absolute atomic E-state index is 0.0964. The molecule has 7 heteroatoms. The molecule has 0 radical (unpaired) electrons. The van der Waals surface area contributed by atoms with E-state index in [4.69, 9.17) is 9.47 Å². The molecule has 28 heavy (non-hydrogen) atoms. The number of fused-ring (bicyclic) bond motifs is 1. The number of nitrogens with one attached hydrogen (secondary N) is 1. The van der Waals surface area contributed by atoms with E-state index in [1.165, 1.54) is 0 Å². The van der Waals surface area contributed by atoms with Crippen LogP contribution in [-0.4, -0.2) is 55.2 Å². The number of carboxylic acids is 1. The molecule has 3 rings (SSSR count). The normalized spacial score (nSPS) is 25.2. The van der Waals surface area contributed by atoms with Gasteiger partial charge in [0.2, 0.25) is 5.91 Å².